The predicted octanol–water partition coefficient (Wildman–Crippen LogP) is 2.33. The zero-order valence-corrected chi connectivity index (χ0v) is 16.6. The maximum absolute atomic E-state index is 12.7. The summed E-state index contributed by atoms with van der Waals surface area (Å²) in [5, 5.41) is 7.99. The van der Waals surface area contributed by atoms with Gasteiger partial charge < -0.3 is 14.8 Å². The number of aryl methyl sites for hydroxylation is 1. The molecule has 1 aliphatic rings. The summed E-state index contributed by atoms with van der Waals surface area (Å²) in [6.45, 7) is 6.25. The van der Waals surface area contributed by atoms with Crippen LogP contribution in [-0.2, 0) is 17.9 Å². The topological polar surface area (TPSA) is 95.3 Å². The molecule has 8 nitrogen and oxygen atoms in total. The van der Waals surface area contributed by atoms with Gasteiger partial charge >= 0.3 is 0 Å². The lowest BCUT2D eigenvalue weighted by molar-refractivity contribution is -0.122. The summed E-state index contributed by atoms with van der Waals surface area (Å²) in [5.41, 5.74) is 1.61. The molecule has 2 aromatic heterocycles. The summed E-state index contributed by atoms with van der Waals surface area (Å²) in [7, 11) is 0. The van der Waals surface area contributed by atoms with Gasteiger partial charge in [0.25, 0.3) is 5.56 Å². The minimum absolute atomic E-state index is 0.158. The fraction of sp³-hybridized carbons (Fsp3) is 0.368. The van der Waals surface area contributed by atoms with E-state index in [1.54, 1.807) is 0 Å². The quantitative estimate of drug-likeness (QED) is 0.706. The highest BCUT2D eigenvalue weighted by Crippen LogP contribution is 2.32. The van der Waals surface area contributed by atoms with Gasteiger partial charge in [0.15, 0.2) is 17.0 Å². The molecule has 1 N–H and O–H groups in total. The first-order valence-electron chi connectivity index (χ1n) is 8.95. The van der Waals surface area contributed by atoms with E-state index in [9.17, 15) is 9.59 Å². The van der Waals surface area contributed by atoms with Gasteiger partial charge in [-0.25, -0.2) is 9.67 Å². The standard InChI is InChI=1S/C19H20N4O4S/c1-10(2)18-21-16-17(28-18)11(3)22-23(19(16)25)8-15(24)20-7-12-4-5-13-14(6-12)27-9-26-13/h4-6,10H,7-9H2,1-3H3,(H,20,24). The summed E-state index contributed by atoms with van der Waals surface area (Å²) in [4.78, 5) is 29.5. The van der Waals surface area contributed by atoms with E-state index in [2.05, 4.69) is 15.4 Å². The Balaban J connectivity index is 1.49. The molecule has 0 bridgehead atoms. The number of rotatable bonds is 5. The van der Waals surface area contributed by atoms with E-state index in [1.807, 2.05) is 39.0 Å². The molecular formula is C19H20N4O4S. The van der Waals surface area contributed by atoms with Crippen molar-refractivity contribution in [3.8, 4) is 11.5 Å². The molecule has 1 aromatic carbocycles. The van der Waals surface area contributed by atoms with Crippen LogP contribution < -0.4 is 20.3 Å². The minimum atomic E-state index is -0.345. The number of carbonyl (C=O) groups is 1. The average molecular weight is 400 g/mol. The highest BCUT2D eigenvalue weighted by atomic mass is 32.1. The number of benzene rings is 1. The number of fused-ring (bicyclic) bond motifs is 2. The largest absolute Gasteiger partial charge is 0.454 e. The molecule has 4 rings (SSSR count). The highest BCUT2D eigenvalue weighted by Gasteiger charge is 2.17. The molecule has 0 aliphatic carbocycles. The number of thiazole rings is 1. The van der Waals surface area contributed by atoms with Gasteiger partial charge in [-0.1, -0.05) is 19.9 Å². The predicted molar refractivity (Wildman–Crippen MR) is 105 cm³/mol. The molecule has 3 aromatic rings. The molecule has 0 saturated heterocycles. The van der Waals surface area contributed by atoms with Gasteiger partial charge in [-0.05, 0) is 24.6 Å². The van der Waals surface area contributed by atoms with Crippen LogP contribution in [0.5, 0.6) is 11.5 Å². The van der Waals surface area contributed by atoms with Gasteiger partial charge in [0.05, 0.1) is 15.4 Å². The van der Waals surface area contributed by atoms with Crippen molar-refractivity contribution in [3.63, 3.8) is 0 Å². The Bertz CT molecular complexity index is 1120. The van der Waals surface area contributed by atoms with Crippen LogP contribution in [0.2, 0.25) is 0 Å². The Morgan fingerprint density at radius 2 is 2.11 bits per heavy atom. The first kappa shape index (κ1) is 18.4. The van der Waals surface area contributed by atoms with Crippen LogP contribution in [0, 0.1) is 6.92 Å². The Labute approximate surface area is 165 Å². The van der Waals surface area contributed by atoms with E-state index >= 15 is 0 Å². The van der Waals surface area contributed by atoms with Crippen LogP contribution in [0.15, 0.2) is 23.0 Å². The molecule has 0 spiro atoms. The van der Waals surface area contributed by atoms with Gasteiger partial charge in [-0.3, -0.25) is 9.59 Å². The molecule has 0 saturated carbocycles. The van der Waals surface area contributed by atoms with E-state index < -0.39 is 0 Å². The van der Waals surface area contributed by atoms with Crippen molar-refractivity contribution in [1.29, 1.82) is 0 Å². The number of nitrogens with one attached hydrogen (secondary N) is 1. The van der Waals surface area contributed by atoms with E-state index in [0.717, 1.165) is 15.3 Å². The number of carbonyl (C=O) groups excluding carboxylic acids is 1. The van der Waals surface area contributed by atoms with Gasteiger partial charge in [0.1, 0.15) is 6.54 Å². The molecule has 0 fully saturated rings. The normalized spacial score (nSPS) is 12.7. The summed E-state index contributed by atoms with van der Waals surface area (Å²) in [5.74, 6) is 1.29. The Morgan fingerprint density at radius 1 is 1.32 bits per heavy atom. The average Bonchev–Trinajstić information content (AvgIpc) is 3.31. The molecule has 1 aliphatic heterocycles. The van der Waals surface area contributed by atoms with Crippen molar-refractivity contribution in [2.24, 2.45) is 0 Å². The second-order valence-corrected chi connectivity index (χ2v) is 7.93. The molecule has 0 atom stereocenters. The summed E-state index contributed by atoms with van der Waals surface area (Å²) < 4.78 is 12.6. The van der Waals surface area contributed by atoms with Crippen LogP contribution >= 0.6 is 11.3 Å². The van der Waals surface area contributed by atoms with E-state index in [0.29, 0.717) is 29.3 Å². The summed E-state index contributed by atoms with van der Waals surface area (Å²) >= 11 is 1.48. The number of amides is 1. The first-order chi connectivity index (χ1) is 13.4. The Morgan fingerprint density at radius 3 is 2.89 bits per heavy atom. The summed E-state index contributed by atoms with van der Waals surface area (Å²) in [6, 6.07) is 5.49. The monoisotopic (exact) mass is 400 g/mol. The number of hydrogen-bond acceptors (Lipinski definition) is 7. The maximum atomic E-state index is 12.7. The van der Waals surface area contributed by atoms with Crippen molar-refractivity contribution in [2.75, 3.05) is 6.79 Å². The Kier molecular flexibility index (Phi) is 4.76. The zero-order valence-electron chi connectivity index (χ0n) is 15.8. The third-order valence-corrected chi connectivity index (χ3v) is 5.86. The van der Waals surface area contributed by atoms with Crippen LogP contribution in [-0.4, -0.2) is 27.5 Å². The van der Waals surface area contributed by atoms with Crippen molar-refractivity contribution in [3.05, 3.63) is 44.8 Å². The number of ether oxygens (including phenoxy) is 2. The molecule has 1 amide bonds. The fourth-order valence-corrected chi connectivity index (χ4v) is 3.92. The number of aromatic nitrogens is 3. The smallest absolute Gasteiger partial charge is 0.294 e. The molecule has 9 heteroatoms. The third kappa shape index (κ3) is 3.45. The zero-order chi connectivity index (χ0) is 19.8. The van der Waals surface area contributed by atoms with Gasteiger partial charge in [0, 0.05) is 12.5 Å². The second kappa shape index (κ2) is 7.23. The lowest BCUT2D eigenvalue weighted by atomic mass is 10.2. The maximum Gasteiger partial charge on any atom is 0.294 e. The molecule has 0 radical (unpaired) electrons. The van der Waals surface area contributed by atoms with Crippen LogP contribution in [0.4, 0.5) is 0 Å². The summed E-state index contributed by atoms with van der Waals surface area (Å²) in [6.07, 6.45) is 0. The molecular weight excluding hydrogens is 380 g/mol. The van der Waals surface area contributed by atoms with Crippen molar-refractivity contribution in [1.82, 2.24) is 20.1 Å². The second-order valence-electron chi connectivity index (χ2n) is 6.90. The van der Waals surface area contributed by atoms with E-state index in [-0.39, 0.29) is 30.7 Å². The number of hydrogen-bond donors (Lipinski definition) is 1. The lowest BCUT2D eigenvalue weighted by Gasteiger charge is -2.08. The molecule has 3 heterocycles. The minimum Gasteiger partial charge on any atom is -0.454 e. The van der Waals surface area contributed by atoms with Crippen LogP contribution in [0.1, 0.15) is 36.0 Å². The number of nitrogens with zero attached hydrogens (tertiary/aromatic N) is 3. The van der Waals surface area contributed by atoms with Crippen molar-refractivity contribution >= 4 is 27.5 Å². The molecule has 146 valence electrons. The van der Waals surface area contributed by atoms with E-state index in [1.165, 1.54) is 16.0 Å². The SMILES string of the molecule is Cc1nn(CC(=O)NCc2ccc3c(c2)OCO3)c(=O)c2nc(C(C)C)sc12. The molecule has 28 heavy (non-hydrogen) atoms. The third-order valence-electron chi connectivity index (χ3n) is 4.39. The highest BCUT2D eigenvalue weighted by molar-refractivity contribution is 7.18. The lowest BCUT2D eigenvalue weighted by Crippen LogP contribution is -2.33. The van der Waals surface area contributed by atoms with Gasteiger partial charge in [-0.2, -0.15) is 5.10 Å². The molecule has 0 unspecified atom stereocenters. The first-order valence-corrected chi connectivity index (χ1v) is 9.77. The van der Waals surface area contributed by atoms with Crippen LogP contribution in [0.3, 0.4) is 0 Å². The fourth-order valence-electron chi connectivity index (χ4n) is 2.92. The van der Waals surface area contributed by atoms with Crippen molar-refractivity contribution < 1.29 is 14.3 Å². The van der Waals surface area contributed by atoms with Crippen LogP contribution in [0.25, 0.3) is 10.2 Å². The van der Waals surface area contributed by atoms with E-state index in [4.69, 9.17) is 9.47 Å². The van der Waals surface area contributed by atoms with Crippen molar-refractivity contribution in [2.45, 2.75) is 39.8 Å². The van der Waals surface area contributed by atoms with Gasteiger partial charge in [0.2, 0.25) is 12.7 Å². The van der Waals surface area contributed by atoms with Gasteiger partial charge in [-0.15, -0.1) is 11.3 Å². The Hall–Kier alpha value is -2.94.